The number of aromatic nitrogens is 1. The highest BCUT2D eigenvalue weighted by Crippen LogP contribution is 2.24. The molecular formula is C12H19N3O3S. The Hall–Kier alpha value is -1.47. The molecule has 1 heterocycles. The van der Waals surface area contributed by atoms with Crippen molar-refractivity contribution in [2.75, 3.05) is 26.0 Å². The van der Waals surface area contributed by atoms with Crippen molar-refractivity contribution < 1.29 is 14.7 Å². The number of anilines is 1. The summed E-state index contributed by atoms with van der Waals surface area (Å²) in [5.74, 6) is -1.45. The van der Waals surface area contributed by atoms with Gasteiger partial charge in [0.2, 0.25) is 0 Å². The van der Waals surface area contributed by atoms with Gasteiger partial charge in [0.25, 0.3) is 0 Å². The number of ketones is 1. The molecular weight excluding hydrogens is 266 g/mol. The summed E-state index contributed by atoms with van der Waals surface area (Å²) in [6, 6.07) is 0.162. The Balaban J connectivity index is 2.77. The molecule has 0 radical (unpaired) electrons. The van der Waals surface area contributed by atoms with E-state index >= 15 is 0 Å². The highest BCUT2D eigenvalue weighted by Gasteiger charge is 2.21. The molecule has 0 amide bonds. The summed E-state index contributed by atoms with van der Waals surface area (Å²) in [6.07, 6.45) is 0.907. The Bertz CT molecular complexity index is 439. The molecule has 0 bridgehead atoms. The summed E-state index contributed by atoms with van der Waals surface area (Å²) in [5, 5.41) is 12.6. The van der Waals surface area contributed by atoms with Crippen molar-refractivity contribution in [1.82, 2.24) is 9.88 Å². The number of nitrogens with zero attached hydrogens (tertiary/aromatic N) is 2. The Morgan fingerprint density at radius 2 is 2.11 bits per heavy atom. The Labute approximate surface area is 116 Å². The third-order valence-corrected chi connectivity index (χ3v) is 3.62. The summed E-state index contributed by atoms with van der Waals surface area (Å²) in [5.41, 5.74) is -0.167. The fraction of sp³-hybridized carbons (Fsp3) is 0.583. The van der Waals surface area contributed by atoms with Gasteiger partial charge >= 0.3 is 5.97 Å². The molecule has 19 heavy (non-hydrogen) atoms. The van der Waals surface area contributed by atoms with E-state index in [1.807, 2.05) is 21.0 Å². The molecule has 1 rings (SSSR count). The first-order chi connectivity index (χ1) is 8.81. The molecule has 1 unspecified atom stereocenters. The van der Waals surface area contributed by atoms with Crippen molar-refractivity contribution in [2.24, 2.45) is 0 Å². The van der Waals surface area contributed by atoms with Crippen LogP contribution in [0.2, 0.25) is 0 Å². The minimum Gasteiger partial charge on any atom is -0.476 e. The van der Waals surface area contributed by atoms with Gasteiger partial charge < -0.3 is 15.3 Å². The van der Waals surface area contributed by atoms with Gasteiger partial charge in [-0.1, -0.05) is 11.3 Å². The molecule has 0 aliphatic heterocycles. The third kappa shape index (κ3) is 4.60. The van der Waals surface area contributed by atoms with Crippen molar-refractivity contribution in [3.63, 3.8) is 0 Å². The quantitative estimate of drug-likeness (QED) is 0.743. The fourth-order valence-corrected chi connectivity index (χ4v) is 2.46. The predicted molar refractivity (Wildman–Crippen MR) is 75.3 cm³/mol. The van der Waals surface area contributed by atoms with E-state index < -0.39 is 5.97 Å². The molecule has 0 fully saturated rings. The molecule has 106 valence electrons. The molecule has 0 saturated heterocycles. The van der Waals surface area contributed by atoms with Crippen molar-refractivity contribution in [3.8, 4) is 0 Å². The number of carbonyl (C=O) groups excluding carboxylic acids is 1. The van der Waals surface area contributed by atoms with Crippen LogP contribution in [0.5, 0.6) is 0 Å². The third-order valence-electron chi connectivity index (χ3n) is 2.53. The lowest BCUT2D eigenvalue weighted by Crippen LogP contribution is -2.22. The lowest BCUT2D eigenvalue weighted by molar-refractivity contribution is 0.0687. The maximum absolute atomic E-state index is 11.4. The monoisotopic (exact) mass is 285 g/mol. The van der Waals surface area contributed by atoms with Crippen LogP contribution in [-0.4, -0.2) is 53.4 Å². The maximum atomic E-state index is 11.4. The first-order valence-corrected chi connectivity index (χ1v) is 6.79. The van der Waals surface area contributed by atoms with Gasteiger partial charge in [-0.15, -0.1) is 0 Å². The van der Waals surface area contributed by atoms with E-state index in [2.05, 4.69) is 15.2 Å². The van der Waals surface area contributed by atoms with E-state index in [0.29, 0.717) is 5.13 Å². The van der Waals surface area contributed by atoms with E-state index in [1.54, 1.807) is 0 Å². The number of thiazole rings is 1. The fourth-order valence-electron chi connectivity index (χ4n) is 1.50. The number of nitrogens with one attached hydrogen (secondary N) is 1. The molecule has 2 N–H and O–H groups in total. The second-order valence-corrected chi connectivity index (χ2v) is 5.69. The van der Waals surface area contributed by atoms with Gasteiger partial charge in [0, 0.05) is 13.0 Å². The average Bonchev–Trinajstić information content (AvgIpc) is 2.70. The number of carboxylic acid groups (broad SMARTS) is 1. The molecule has 0 aliphatic rings. The first kappa shape index (κ1) is 15.6. The van der Waals surface area contributed by atoms with Gasteiger partial charge in [-0.05, 0) is 34.0 Å². The maximum Gasteiger partial charge on any atom is 0.356 e. The molecule has 0 spiro atoms. The van der Waals surface area contributed by atoms with Crippen molar-refractivity contribution >= 4 is 28.2 Å². The molecule has 1 aromatic rings. The van der Waals surface area contributed by atoms with E-state index in [9.17, 15) is 9.59 Å². The Kier molecular flexibility index (Phi) is 5.44. The number of aromatic carboxylic acids is 1. The molecule has 1 aromatic heterocycles. The molecule has 7 heteroatoms. The SMILES string of the molecule is CC(=O)c1sc(NC(C)CCN(C)C)nc1C(=O)O. The molecule has 0 aliphatic carbocycles. The van der Waals surface area contributed by atoms with Crippen molar-refractivity contribution in [2.45, 2.75) is 26.3 Å². The Morgan fingerprint density at radius 1 is 1.47 bits per heavy atom. The zero-order valence-corrected chi connectivity index (χ0v) is 12.4. The number of rotatable bonds is 7. The van der Waals surface area contributed by atoms with E-state index in [-0.39, 0.29) is 22.4 Å². The lowest BCUT2D eigenvalue weighted by Gasteiger charge is -2.15. The van der Waals surface area contributed by atoms with E-state index in [4.69, 9.17) is 5.11 Å². The lowest BCUT2D eigenvalue weighted by atomic mass is 10.2. The van der Waals surface area contributed by atoms with Crippen LogP contribution in [0.3, 0.4) is 0 Å². The van der Waals surface area contributed by atoms with Gasteiger partial charge in [0.1, 0.15) is 4.88 Å². The van der Waals surface area contributed by atoms with Crippen LogP contribution in [0.4, 0.5) is 5.13 Å². The summed E-state index contributed by atoms with van der Waals surface area (Å²) in [4.78, 5) is 28.6. The highest BCUT2D eigenvalue weighted by molar-refractivity contribution is 7.17. The number of hydrogen-bond donors (Lipinski definition) is 2. The molecule has 1 atom stereocenters. The number of Topliss-reactive ketones (excluding diaryl/α,β-unsaturated/α-hetero) is 1. The van der Waals surface area contributed by atoms with Crippen LogP contribution < -0.4 is 5.32 Å². The normalized spacial score (nSPS) is 12.5. The zero-order chi connectivity index (χ0) is 14.6. The number of carboxylic acids is 1. The van der Waals surface area contributed by atoms with Gasteiger partial charge in [-0.3, -0.25) is 4.79 Å². The molecule has 6 nitrogen and oxygen atoms in total. The highest BCUT2D eigenvalue weighted by atomic mass is 32.1. The number of carbonyl (C=O) groups is 2. The zero-order valence-electron chi connectivity index (χ0n) is 11.6. The van der Waals surface area contributed by atoms with Crippen LogP contribution >= 0.6 is 11.3 Å². The Morgan fingerprint density at radius 3 is 2.53 bits per heavy atom. The standard InChI is InChI=1S/C12H19N3O3S/c1-7(5-6-15(3)4)13-12-14-9(11(17)18)10(19-12)8(2)16/h7H,5-6H2,1-4H3,(H,13,14)(H,17,18). The average molecular weight is 285 g/mol. The second kappa shape index (κ2) is 6.63. The van der Waals surface area contributed by atoms with Gasteiger partial charge in [-0.25, -0.2) is 9.78 Å². The minimum atomic E-state index is -1.17. The summed E-state index contributed by atoms with van der Waals surface area (Å²) >= 11 is 1.09. The van der Waals surface area contributed by atoms with Gasteiger partial charge in [-0.2, -0.15) is 0 Å². The van der Waals surface area contributed by atoms with Gasteiger partial charge in [0.05, 0.1) is 0 Å². The van der Waals surface area contributed by atoms with E-state index in [1.165, 1.54) is 6.92 Å². The second-order valence-electron chi connectivity index (χ2n) is 4.70. The summed E-state index contributed by atoms with van der Waals surface area (Å²) in [6.45, 7) is 4.27. The van der Waals surface area contributed by atoms with Gasteiger partial charge in [0.15, 0.2) is 16.6 Å². The van der Waals surface area contributed by atoms with Crippen LogP contribution in [0.1, 0.15) is 40.4 Å². The molecule has 0 aromatic carbocycles. The summed E-state index contributed by atoms with van der Waals surface area (Å²) < 4.78 is 0. The minimum absolute atomic E-state index is 0.162. The predicted octanol–water partition coefficient (Wildman–Crippen LogP) is 1.80. The summed E-state index contributed by atoms with van der Waals surface area (Å²) in [7, 11) is 3.99. The van der Waals surface area contributed by atoms with E-state index in [0.717, 1.165) is 24.3 Å². The first-order valence-electron chi connectivity index (χ1n) is 5.97. The van der Waals surface area contributed by atoms with Crippen LogP contribution in [0, 0.1) is 0 Å². The van der Waals surface area contributed by atoms with Crippen LogP contribution in [0.25, 0.3) is 0 Å². The number of hydrogen-bond acceptors (Lipinski definition) is 6. The van der Waals surface area contributed by atoms with Crippen molar-refractivity contribution in [1.29, 1.82) is 0 Å². The topological polar surface area (TPSA) is 82.5 Å². The van der Waals surface area contributed by atoms with Crippen molar-refractivity contribution in [3.05, 3.63) is 10.6 Å². The largest absolute Gasteiger partial charge is 0.476 e. The molecule has 0 saturated carbocycles. The van der Waals surface area contributed by atoms with Crippen LogP contribution in [0.15, 0.2) is 0 Å². The van der Waals surface area contributed by atoms with Crippen LogP contribution in [-0.2, 0) is 0 Å². The smallest absolute Gasteiger partial charge is 0.356 e.